The highest BCUT2D eigenvalue weighted by Crippen LogP contribution is 2.33. The number of aromatic amines is 2. The first-order chi connectivity index (χ1) is 18.7. The van der Waals surface area contributed by atoms with Crippen LogP contribution in [0.5, 0.6) is 0 Å². The molecule has 0 aliphatic heterocycles. The van der Waals surface area contributed by atoms with E-state index in [9.17, 15) is 0 Å². The SMILES string of the molecule is C=C/C(=C\C(=C/C)c1ccc2[nH]nc(-c3cc4c(/C(C)=C/SC(C)C)cccc4[nH]3)c2n1)NC(=C)CN(C)C. The van der Waals surface area contributed by atoms with Crippen LogP contribution < -0.4 is 5.32 Å². The summed E-state index contributed by atoms with van der Waals surface area (Å²) in [5, 5.41) is 15.1. The number of hydrogen-bond donors (Lipinski definition) is 3. The summed E-state index contributed by atoms with van der Waals surface area (Å²) >= 11 is 1.84. The normalized spacial score (nSPS) is 13.2. The van der Waals surface area contributed by atoms with E-state index in [1.807, 2.05) is 57.1 Å². The molecule has 0 spiro atoms. The number of nitrogens with zero attached hydrogens (tertiary/aromatic N) is 3. The van der Waals surface area contributed by atoms with E-state index < -0.39 is 0 Å². The summed E-state index contributed by atoms with van der Waals surface area (Å²) in [6, 6.07) is 12.6. The van der Waals surface area contributed by atoms with E-state index >= 15 is 0 Å². The second kappa shape index (κ2) is 12.4. The molecule has 3 heterocycles. The first kappa shape index (κ1) is 28.2. The maximum atomic E-state index is 5.04. The standard InChI is InChI=1S/C32H38N6S/c1-9-23(16-24(10-2)33-22(6)18-38(7)8)27-14-15-29-31(35-27)32(37-36-29)30-17-26-25(12-11-13-28(26)34-30)21(5)19-39-20(3)4/h9-17,19-20,33-34H,2,6,18H2,1,3-5,7-8H3,(H,36,37)/b21-19+,23-9+,24-16+. The van der Waals surface area contributed by atoms with Crippen molar-refractivity contribution in [3.8, 4) is 11.4 Å². The Bertz CT molecular complexity index is 1600. The molecule has 0 radical (unpaired) electrons. The summed E-state index contributed by atoms with van der Waals surface area (Å²) in [6.45, 7) is 17.4. The van der Waals surface area contributed by atoms with Gasteiger partial charge in [-0.2, -0.15) is 5.10 Å². The van der Waals surface area contributed by atoms with Crippen LogP contribution in [0.4, 0.5) is 0 Å². The lowest BCUT2D eigenvalue weighted by molar-refractivity contribution is 0.438. The van der Waals surface area contributed by atoms with Gasteiger partial charge in [0.1, 0.15) is 11.2 Å². The number of nitrogens with one attached hydrogen (secondary N) is 3. The number of aromatic nitrogens is 4. The van der Waals surface area contributed by atoms with Gasteiger partial charge >= 0.3 is 0 Å². The third-order valence-corrected chi connectivity index (χ3v) is 7.27. The van der Waals surface area contributed by atoms with E-state index in [2.05, 4.69) is 89.0 Å². The van der Waals surface area contributed by atoms with E-state index in [0.29, 0.717) is 5.25 Å². The van der Waals surface area contributed by atoms with Crippen LogP contribution in [0.3, 0.4) is 0 Å². The zero-order valence-corrected chi connectivity index (χ0v) is 24.5. The largest absolute Gasteiger partial charge is 0.358 e. The molecule has 7 heteroatoms. The Morgan fingerprint density at radius 3 is 2.67 bits per heavy atom. The van der Waals surface area contributed by atoms with Crippen LogP contribution in [0.15, 0.2) is 84.6 Å². The van der Waals surface area contributed by atoms with Gasteiger partial charge in [-0.15, -0.1) is 11.8 Å². The van der Waals surface area contributed by atoms with Crippen molar-refractivity contribution < 1.29 is 0 Å². The molecule has 1 aromatic carbocycles. The lowest BCUT2D eigenvalue weighted by Crippen LogP contribution is -2.23. The topological polar surface area (TPSA) is 72.6 Å². The minimum absolute atomic E-state index is 0.545. The third-order valence-electron chi connectivity index (χ3n) is 6.23. The number of fused-ring (bicyclic) bond motifs is 2. The number of pyridine rings is 1. The molecule has 0 aliphatic carbocycles. The summed E-state index contributed by atoms with van der Waals surface area (Å²) in [5.41, 5.74) is 10.6. The number of H-pyrrole nitrogens is 2. The number of rotatable bonds is 11. The van der Waals surface area contributed by atoms with E-state index in [1.165, 1.54) is 16.5 Å². The summed E-state index contributed by atoms with van der Waals surface area (Å²) in [7, 11) is 4.03. The van der Waals surface area contributed by atoms with Gasteiger partial charge in [-0.3, -0.25) is 5.10 Å². The van der Waals surface area contributed by atoms with Crippen molar-refractivity contribution in [2.75, 3.05) is 20.6 Å². The van der Waals surface area contributed by atoms with Gasteiger partial charge < -0.3 is 15.2 Å². The lowest BCUT2D eigenvalue weighted by Gasteiger charge is -2.15. The molecule has 3 N–H and O–H groups in total. The summed E-state index contributed by atoms with van der Waals surface area (Å²) in [4.78, 5) is 10.7. The number of benzene rings is 1. The van der Waals surface area contributed by atoms with Gasteiger partial charge in [-0.05, 0) is 86.5 Å². The van der Waals surface area contributed by atoms with Crippen LogP contribution in [-0.2, 0) is 0 Å². The van der Waals surface area contributed by atoms with Crippen LogP contribution in [0.25, 0.3) is 44.5 Å². The number of likely N-dealkylation sites (N-methyl/N-ethyl adjacent to an activating group) is 1. The molecule has 0 bridgehead atoms. The molecule has 0 fully saturated rings. The minimum Gasteiger partial charge on any atom is -0.358 e. The highest BCUT2D eigenvalue weighted by atomic mass is 32.2. The minimum atomic E-state index is 0.545. The van der Waals surface area contributed by atoms with Crippen molar-refractivity contribution in [3.05, 3.63) is 95.8 Å². The zero-order chi connectivity index (χ0) is 28.1. The quantitative estimate of drug-likeness (QED) is 0.170. The molecule has 0 saturated heterocycles. The Morgan fingerprint density at radius 1 is 1.18 bits per heavy atom. The van der Waals surface area contributed by atoms with Gasteiger partial charge in [0.25, 0.3) is 0 Å². The molecular weight excluding hydrogens is 500 g/mol. The predicted molar refractivity (Wildman–Crippen MR) is 170 cm³/mol. The summed E-state index contributed by atoms with van der Waals surface area (Å²) in [6.07, 6.45) is 5.89. The van der Waals surface area contributed by atoms with Crippen LogP contribution in [0, 0.1) is 0 Å². The lowest BCUT2D eigenvalue weighted by atomic mass is 10.0. The molecule has 0 saturated carbocycles. The van der Waals surface area contributed by atoms with Crippen LogP contribution in [0.2, 0.25) is 0 Å². The number of allylic oxidation sites excluding steroid dienone is 5. The van der Waals surface area contributed by atoms with Gasteiger partial charge in [0.2, 0.25) is 0 Å². The molecule has 0 unspecified atom stereocenters. The molecule has 0 atom stereocenters. The van der Waals surface area contributed by atoms with Crippen LogP contribution in [-0.4, -0.2) is 51.0 Å². The highest BCUT2D eigenvalue weighted by molar-refractivity contribution is 8.02. The summed E-state index contributed by atoms with van der Waals surface area (Å²) < 4.78 is 0. The van der Waals surface area contributed by atoms with E-state index in [-0.39, 0.29) is 0 Å². The van der Waals surface area contributed by atoms with Gasteiger partial charge in [0.05, 0.1) is 16.9 Å². The van der Waals surface area contributed by atoms with E-state index in [1.54, 1.807) is 6.08 Å². The average Bonchev–Trinajstić information content (AvgIpc) is 3.52. The molecule has 202 valence electrons. The van der Waals surface area contributed by atoms with Crippen LogP contribution in [0.1, 0.15) is 39.0 Å². The van der Waals surface area contributed by atoms with Gasteiger partial charge in [-0.25, -0.2) is 4.98 Å². The molecule has 0 amide bonds. The Morgan fingerprint density at radius 2 is 1.97 bits per heavy atom. The molecule has 6 nitrogen and oxygen atoms in total. The van der Waals surface area contributed by atoms with Crippen molar-refractivity contribution in [2.24, 2.45) is 0 Å². The van der Waals surface area contributed by atoms with Crippen molar-refractivity contribution in [1.29, 1.82) is 0 Å². The first-order valence-electron chi connectivity index (χ1n) is 13.1. The number of hydrogen-bond acceptors (Lipinski definition) is 5. The third kappa shape index (κ3) is 6.61. The first-order valence-corrected chi connectivity index (χ1v) is 14.0. The van der Waals surface area contributed by atoms with Gasteiger partial charge in [0.15, 0.2) is 0 Å². The fourth-order valence-electron chi connectivity index (χ4n) is 4.42. The molecule has 4 rings (SSSR count). The number of thioether (sulfide) groups is 1. The van der Waals surface area contributed by atoms with E-state index in [4.69, 9.17) is 4.98 Å². The predicted octanol–water partition coefficient (Wildman–Crippen LogP) is 7.75. The van der Waals surface area contributed by atoms with Gasteiger partial charge in [-0.1, -0.05) is 45.2 Å². The van der Waals surface area contributed by atoms with Gasteiger partial charge in [0, 0.05) is 34.1 Å². The Hall–Kier alpha value is -3.81. The van der Waals surface area contributed by atoms with Crippen molar-refractivity contribution >= 4 is 44.8 Å². The summed E-state index contributed by atoms with van der Waals surface area (Å²) in [5.74, 6) is 0. The Balaban J connectivity index is 1.71. The zero-order valence-electron chi connectivity index (χ0n) is 23.7. The maximum absolute atomic E-state index is 5.04. The molecule has 3 aromatic heterocycles. The van der Waals surface area contributed by atoms with E-state index in [0.717, 1.165) is 57.1 Å². The maximum Gasteiger partial charge on any atom is 0.135 e. The van der Waals surface area contributed by atoms with Crippen molar-refractivity contribution in [2.45, 2.75) is 32.9 Å². The van der Waals surface area contributed by atoms with Crippen LogP contribution >= 0.6 is 11.8 Å². The second-order valence-electron chi connectivity index (χ2n) is 10.1. The Labute approximate surface area is 235 Å². The second-order valence-corrected chi connectivity index (χ2v) is 11.6. The molecule has 0 aliphatic rings. The smallest absolute Gasteiger partial charge is 0.135 e. The van der Waals surface area contributed by atoms with Crippen molar-refractivity contribution in [3.63, 3.8) is 0 Å². The fraction of sp³-hybridized carbons (Fsp3) is 0.250. The highest BCUT2D eigenvalue weighted by Gasteiger charge is 2.15. The van der Waals surface area contributed by atoms with Crippen molar-refractivity contribution in [1.82, 2.24) is 30.4 Å². The molecular formula is C32H38N6S. The molecule has 4 aromatic rings. The molecule has 39 heavy (non-hydrogen) atoms. The fourth-order valence-corrected chi connectivity index (χ4v) is 5.02. The average molecular weight is 539 g/mol. The monoisotopic (exact) mass is 538 g/mol. The Kier molecular flexibility index (Phi) is 8.94.